The number of nitriles is 1. The molecular formula is C9H13N3. The van der Waals surface area contributed by atoms with Crippen LogP contribution >= 0.6 is 0 Å². The first-order valence-electron chi connectivity index (χ1n) is 3.60. The van der Waals surface area contributed by atoms with Gasteiger partial charge in [0, 0.05) is 20.5 Å². The molecule has 1 atom stereocenters. The zero-order chi connectivity index (χ0) is 9.61. The molecule has 0 amide bonds. The fourth-order valence-electron chi connectivity index (χ4n) is 0.556. The van der Waals surface area contributed by atoms with Crippen molar-refractivity contribution in [2.75, 3.05) is 14.1 Å². The van der Waals surface area contributed by atoms with E-state index in [0.29, 0.717) is 6.42 Å². The van der Waals surface area contributed by atoms with Crippen LogP contribution in [0.25, 0.3) is 0 Å². The van der Waals surface area contributed by atoms with Gasteiger partial charge in [0.15, 0.2) is 5.54 Å². The Morgan fingerprint density at radius 3 is 2.58 bits per heavy atom. The zero-order valence-electron chi connectivity index (χ0n) is 7.70. The first-order chi connectivity index (χ1) is 5.54. The molecule has 0 saturated carbocycles. The van der Waals surface area contributed by atoms with Gasteiger partial charge in [0.25, 0.3) is 0 Å². The fraction of sp³-hybridized carbons (Fsp3) is 0.556. The van der Waals surface area contributed by atoms with Gasteiger partial charge in [0.1, 0.15) is 0 Å². The molecule has 0 rings (SSSR count). The summed E-state index contributed by atoms with van der Waals surface area (Å²) in [6, 6.07) is 2.07. The van der Waals surface area contributed by atoms with E-state index in [1.807, 2.05) is 14.1 Å². The number of aliphatic imine (C=N–C) groups is 1. The normalized spacial score (nSPS) is 14.8. The van der Waals surface area contributed by atoms with Crippen molar-refractivity contribution in [3.63, 3.8) is 0 Å². The van der Waals surface area contributed by atoms with E-state index in [0.717, 1.165) is 0 Å². The van der Waals surface area contributed by atoms with Crippen molar-refractivity contribution in [2.24, 2.45) is 4.99 Å². The lowest BCUT2D eigenvalue weighted by Gasteiger charge is -2.13. The fourth-order valence-corrected chi connectivity index (χ4v) is 0.556. The van der Waals surface area contributed by atoms with Crippen LogP contribution in [0, 0.1) is 23.7 Å². The van der Waals surface area contributed by atoms with Gasteiger partial charge in [0.05, 0.1) is 12.4 Å². The Kier molecular flexibility index (Phi) is 3.86. The summed E-state index contributed by atoms with van der Waals surface area (Å²) < 4.78 is 0. The Balaban J connectivity index is 4.38. The molecule has 3 nitrogen and oxygen atoms in total. The average molecular weight is 163 g/mol. The largest absolute Gasteiger partial charge is 0.369 e. The second-order valence-corrected chi connectivity index (χ2v) is 2.97. The molecule has 0 radical (unpaired) electrons. The van der Waals surface area contributed by atoms with Crippen LogP contribution in [0.3, 0.4) is 0 Å². The van der Waals surface area contributed by atoms with Gasteiger partial charge in [-0.25, -0.2) is 0 Å². The van der Waals surface area contributed by atoms with Crippen molar-refractivity contribution in [3.05, 3.63) is 0 Å². The Morgan fingerprint density at radius 1 is 1.67 bits per heavy atom. The third-order valence-electron chi connectivity index (χ3n) is 1.26. The highest BCUT2D eigenvalue weighted by Gasteiger charge is 2.19. The summed E-state index contributed by atoms with van der Waals surface area (Å²) >= 11 is 0. The predicted molar refractivity (Wildman–Crippen MR) is 49.6 cm³/mol. The summed E-state index contributed by atoms with van der Waals surface area (Å²) in [6.07, 6.45) is 7.05. The molecule has 64 valence electrons. The third kappa shape index (κ3) is 3.63. The van der Waals surface area contributed by atoms with Gasteiger partial charge >= 0.3 is 0 Å². The van der Waals surface area contributed by atoms with Crippen molar-refractivity contribution in [3.8, 4) is 18.4 Å². The topological polar surface area (TPSA) is 39.4 Å². The van der Waals surface area contributed by atoms with Gasteiger partial charge in [-0.1, -0.05) is 0 Å². The lowest BCUT2D eigenvalue weighted by molar-refractivity contribution is 0.585. The monoisotopic (exact) mass is 163 g/mol. The van der Waals surface area contributed by atoms with Crippen LogP contribution in [0.4, 0.5) is 0 Å². The standard InChI is InChI=1S/C9H13N3/c1-5-6-9(2,7-10)11-8-12(3)4/h1,8H,6H2,2-4H3/b11-8+. The molecular weight excluding hydrogens is 150 g/mol. The Bertz CT molecular complexity index is 241. The maximum Gasteiger partial charge on any atom is 0.156 e. The van der Waals surface area contributed by atoms with E-state index in [9.17, 15) is 0 Å². The quantitative estimate of drug-likeness (QED) is 0.352. The molecule has 0 aliphatic heterocycles. The molecule has 12 heavy (non-hydrogen) atoms. The van der Waals surface area contributed by atoms with Crippen LogP contribution in [0.15, 0.2) is 4.99 Å². The number of rotatable bonds is 3. The SMILES string of the molecule is C#CCC(C)(C#N)/N=C/N(C)C. The van der Waals surface area contributed by atoms with Crippen LogP contribution in [0.1, 0.15) is 13.3 Å². The highest BCUT2D eigenvalue weighted by molar-refractivity contribution is 5.55. The number of terminal acetylenes is 1. The third-order valence-corrected chi connectivity index (χ3v) is 1.26. The summed E-state index contributed by atoms with van der Waals surface area (Å²) in [5, 5.41) is 8.75. The Labute approximate surface area is 73.7 Å². The minimum atomic E-state index is -0.779. The molecule has 0 N–H and O–H groups in total. The predicted octanol–water partition coefficient (Wildman–Crippen LogP) is 0.882. The highest BCUT2D eigenvalue weighted by atomic mass is 15.1. The molecule has 0 aromatic rings. The molecule has 0 aromatic heterocycles. The molecule has 1 unspecified atom stereocenters. The van der Waals surface area contributed by atoms with Gasteiger partial charge in [-0.05, 0) is 6.92 Å². The van der Waals surface area contributed by atoms with Crippen LogP contribution in [-0.2, 0) is 0 Å². The molecule has 0 fully saturated rings. The molecule has 0 aliphatic carbocycles. The maximum absolute atomic E-state index is 8.75. The van der Waals surface area contributed by atoms with Crippen LogP contribution < -0.4 is 0 Å². The first-order valence-corrected chi connectivity index (χ1v) is 3.60. The average Bonchev–Trinajstić information content (AvgIpc) is 2.02. The summed E-state index contributed by atoms with van der Waals surface area (Å²) in [5.41, 5.74) is -0.779. The van der Waals surface area contributed by atoms with Gasteiger partial charge in [-0.15, -0.1) is 12.3 Å². The van der Waals surface area contributed by atoms with Crippen LogP contribution in [0.2, 0.25) is 0 Å². The van der Waals surface area contributed by atoms with Crippen LogP contribution in [-0.4, -0.2) is 30.9 Å². The van der Waals surface area contributed by atoms with Gasteiger partial charge < -0.3 is 4.90 Å². The van der Waals surface area contributed by atoms with E-state index in [-0.39, 0.29) is 0 Å². The van der Waals surface area contributed by atoms with E-state index in [1.165, 1.54) is 0 Å². The van der Waals surface area contributed by atoms with Gasteiger partial charge in [-0.3, -0.25) is 4.99 Å². The van der Waals surface area contributed by atoms with Gasteiger partial charge in [0.2, 0.25) is 0 Å². The molecule has 0 bridgehead atoms. The minimum absolute atomic E-state index is 0.341. The van der Waals surface area contributed by atoms with Crippen molar-refractivity contribution >= 4 is 6.34 Å². The molecule has 0 heterocycles. The molecule has 0 saturated heterocycles. The van der Waals surface area contributed by atoms with E-state index < -0.39 is 5.54 Å². The number of hydrogen-bond acceptors (Lipinski definition) is 2. The van der Waals surface area contributed by atoms with E-state index in [1.54, 1.807) is 18.2 Å². The highest BCUT2D eigenvalue weighted by Crippen LogP contribution is 2.12. The second kappa shape index (κ2) is 4.41. The maximum atomic E-state index is 8.75. The smallest absolute Gasteiger partial charge is 0.156 e. The van der Waals surface area contributed by atoms with E-state index >= 15 is 0 Å². The second-order valence-electron chi connectivity index (χ2n) is 2.97. The van der Waals surface area contributed by atoms with E-state index in [4.69, 9.17) is 11.7 Å². The van der Waals surface area contributed by atoms with Crippen molar-refractivity contribution in [1.82, 2.24) is 4.90 Å². The Morgan fingerprint density at radius 2 is 2.25 bits per heavy atom. The zero-order valence-corrected chi connectivity index (χ0v) is 7.70. The van der Waals surface area contributed by atoms with Gasteiger partial charge in [-0.2, -0.15) is 5.26 Å². The van der Waals surface area contributed by atoms with Crippen LogP contribution in [0.5, 0.6) is 0 Å². The molecule has 3 heteroatoms. The molecule has 0 spiro atoms. The van der Waals surface area contributed by atoms with E-state index in [2.05, 4.69) is 17.0 Å². The molecule has 0 aromatic carbocycles. The summed E-state index contributed by atoms with van der Waals surface area (Å²) in [4.78, 5) is 5.83. The summed E-state index contributed by atoms with van der Waals surface area (Å²) in [6.45, 7) is 1.72. The first kappa shape index (κ1) is 10.5. The summed E-state index contributed by atoms with van der Waals surface area (Å²) in [5.74, 6) is 2.43. The lowest BCUT2D eigenvalue weighted by atomic mass is 10.0. The number of hydrogen-bond donors (Lipinski definition) is 0. The van der Waals surface area contributed by atoms with Crippen molar-refractivity contribution < 1.29 is 0 Å². The summed E-state index contributed by atoms with van der Waals surface area (Å²) in [7, 11) is 3.69. The van der Waals surface area contributed by atoms with Crippen molar-refractivity contribution in [1.29, 1.82) is 5.26 Å². The number of nitrogens with zero attached hydrogens (tertiary/aromatic N) is 3. The Hall–Kier alpha value is -1.48. The van der Waals surface area contributed by atoms with Crippen molar-refractivity contribution in [2.45, 2.75) is 18.9 Å². The minimum Gasteiger partial charge on any atom is -0.369 e. The lowest BCUT2D eigenvalue weighted by Crippen LogP contribution is -2.21. The molecule has 0 aliphatic rings.